The van der Waals surface area contributed by atoms with E-state index in [9.17, 15) is 50.8 Å². The van der Waals surface area contributed by atoms with Gasteiger partial charge >= 0.3 is 5.97 Å². The zero-order chi connectivity index (χ0) is 45.7. The number of allylic oxidation sites excluding steroid dienone is 2. The van der Waals surface area contributed by atoms with Crippen molar-refractivity contribution in [3.63, 3.8) is 0 Å². The van der Waals surface area contributed by atoms with Gasteiger partial charge in [-0.1, -0.05) is 53.2 Å². The number of aliphatic hydroxyl groups excluding tert-OH is 9. The van der Waals surface area contributed by atoms with Crippen LogP contribution in [0.25, 0.3) is 0 Å². The van der Waals surface area contributed by atoms with Gasteiger partial charge in [-0.2, -0.15) is 0 Å². The Bertz CT molecular complexity index is 1700. The Morgan fingerprint density at radius 1 is 0.730 bits per heavy atom. The van der Waals surface area contributed by atoms with E-state index in [1.165, 1.54) is 5.57 Å². The number of carbonyl (C=O) groups is 1. The number of carbonyl (C=O) groups excluding carboxylic acids is 1. The molecule has 0 bridgehead atoms. The second kappa shape index (κ2) is 17.3. The van der Waals surface area contributed by atoms with Crippen molar-refractivity contribution in [1.82, 2.24) is 0 Å². The van der Waals surface area contributed by atoms with Gasteiger partial charge in [0, 0.05) is 11.8 Å². The Kier molecular flexibility index (Phi) is 13.2. The second-order valence-electron chi connectivity index (χ2n) is 22.6. The lowest BCUT2D eigenvalue weighted by atomic mass is 9.33. The molecule has 9 N–H and O–H groups in total. The molecule has 7 fully saturated rings. The molecule has 3 saturated heterocycles. The number of hydrogen-bond donors (Lipinski definition) is 9. The summed E-state index contributed by atoms with van der Waals surface area (Å²) in [4.78, 5) is 14.9. The van der Waals surface area contributed by atoms with E-state index in [-0.39, 0.29) is 58.5 Å². The lowest BCUT2D eigenvalue weighted by Gasteiger charge is -2.71. The van der Waals surface area contributed by atoms with Crippen LogP contribution in [-0.2, 0) is 33.2 Å². The maximum absolute atomic E-state index is 14.9. The summed E-state index contributed by atoms with van der Waals surface area (Å²) < 4.78 is 35.6. The number of ether oxygens (including phenoxy) is 6. The second-order valence-corrected chi connectivity index (χ2v) is 22.6. The van der Waals surface area contributed by atoms with E-state index in [0.717, 1.165) is 44.9 Å². The van der Waals surface area contributed by atoms with Crippen molar-refractivity contribution < 1.29 is 79.2 Å². The topological polar surface area (TPSA) is 255 Å². The molecule has 3 heterocycles. The van der Waals surface area contributed by atoms with E-state index >= 15 is 0 Å². The summed E-state index contributed by atoms with van der Waals surface area (Å²) in [6.07, 6.45) is -5.86. The van der Waals surface area contributed by atoms with E-state index in [2.05, 4.69) is 47.6 Å². The molecule has 21 atom stereocenters. The Morgan fingerprint density at radius 3 is 2.16 bits per heavy atom. The average molecular weight is 897 g/mol. The first kappa shape index (κ1) is 48.1. The number of aliphatic hydroxyl groups is 9. The lowest BCUT2D eigenvalue weighted by molar-refractivity contribution is -0.318. The normalized spacial score (nSPS) is 53.2. The zero-order valence-corrected chi connectivity index (χ0v) is 38.0. The molecule has 21 unspecified atom stereocenters. The standard InChI is InChI=1S/C47H76O16/c1-42(2)14-16-47(41(57)63-40-37(56)36(55)35(54)30(61-40)22-59-38-28(52)19-27(51)29(21-48)60-38)17-15-45(5)24(25(47)20-42)7-8-32-43(3)12-10-33(62-39-34(53)26(50)11-18-58-39)44(4,23-49)31(43)9-13-46(32,45)6/h7,25-40,48-56H,8-23H2,1-6H3. The van der Waals surface area contributed by atoms with E-state index in [0.29, 0.717) is 32.3 Å². The Balaban J connectivity index is 1.02. The SMILES string of the molecule is CC1(C)CCC2(C(=O)OC3OC(COC4OC(CO)C(O)CC4O)C(O)C(O)C3O)CCC3(C)C(=CCC4C5(C)CCC(OC6OCCC(O)C6O)C(C)(CO)C5CCC43C)C2C1. The van der Waals surface area contributed by atoms with Gasteiger partial charge in [0.05, 0.1) is 50.2 Å². The molecule has 0 aromatic heterocycles. The van der Waals surface area contributed by atoms with E-state index in [1.54, 1.807) is 0 Å². The van der Waals surface area contributed by atoms with Crippen molar-refractivity contribution in [2.45, 2.75) is 199 Å². The third kappa shape index (κ3) is 7.79. The summed E-state index contributed by atoms with van der Waals surface area (Å²) in [5, 5.41) is 95.5. The molecule has 8 rings (SSSR count). The first-order valence-corrected chi connectivity index (χ1v) is 23.7. The van der Waals surface area contributed by atoms with Crippen LogP contribution in [0.1, 0.15) is 119 Å². The highest BCUT2D eigenvalue weighted by molar-refractivity contribution is 5.79. The predicted octanol–water partition coefficient (Wildman–Crippen LogP) is 1.81. The summed E-state index contributed by atoms with van der Waals surface area (Å²) in [5.41, 5.74) is -0.866. The van der Waals surface area contributed by atoms with Crippen LogP contribution in [0.4, 0.5) is 0 Å². The van der Waals surface area contributed by atoms with Gasteiger partial charge in [0.2, 0.25) is 6.29 Å². The third-order valence-electron chi connectivity index (χ3n) is 18.8. The Hall–Kier alpha value is -1.35. The van der Waals surface area contributed by atoms with Gasteiger partial charge < -0.3 is 74.4 Å². The summed E-state index contributed by atoms with van der Waals surface area (Å²) in [6.45, 7) is 13.1. The van der Waals surface area contributed by atoms with Crippen LogP contribution in [0, 0.1) is 50.2 Å². The predicted molar refractivity (Wildman–Crippen MR) is 223 cm³/mol. The molecule has 0 spiro atoms. The van der Waals surface area contributed by atoms with Crippen LogP contribution in [0.3, 0.4) is 0 Å². The summed E-state index contributed by atoms with van der Waals surface area (Å²) in [7, 11) is 0. The molecule has 8 aliphatic rings. The van der Waals surface area contributed by atoms with E-state index < -0.39 is 104 Å². The molecule has 16 nitrogen and oxygen atoms in total. The van der Waals surface area contributed by atoms with Gasteiger partial charge in [0.25, 0.3) is 0 Å². The van der Waals surface area contributed by atoms with Gasteiger partial charge in [-0.05, 0) is 110 Å². The van der Waals surface area contributed by atoms with E-state index in [1.807, 2.05) is 0 Å². The van der Waals surface area contributed by atoms with Gasteiger partial charge in [-0.25, -0.2) is 0 Å². The molecule has 63 heavy (non-hydrogen) atoms. The molecule has 0 aromatic carbocycles. The summed E-state index contributed by atoms with van der Waals surface area (Å²) in [6, 6.07) is 0. The number of rotatable bonds is 9. The molecule has 0 amide bonds. The zero-order valence-electron chi connectivity index (χ0n) is 38.0. The third-order valence-corrected chi connectivity index (χ3v) is 18.8. The number of esters is 1. The van der Waals surface area contributed by atoms with Gasteiger partial charge in [-0.15, -0.1) is 0 Å². The molecular weight excluding hydrogens is 821 g/mol. The van der Waals surface area contributed by atoms with Crippen LogP contribution in [0.15, 0.2) is 11.6 Å². The molecule has 5 aliphatic carbocycles. The minimum atomic E-state index is -1.75. The molecule has 16 heteroatoms. The van der Waals surface area contributed by atoms with Gasteiger partial charge in [0.1, 0.15) is 42.7 Å². The fourth-order valence-electron chi connectivity index (χ4n) is 14.6. The smallest absolute Gasteiger partial charge is 0.315 e. The highest BCUT2D eigenvalue weighted by atomic mass is 16.7. The quantitative estimate of drug-likeness (QED) is 0.0909. The van der Waals surface area contributed by atoms with Crippen LogP contribution in [-0.4, -0.2) is 158 Å². The minimum absolute atomic E-state index is 0.0671. The average Bonchev–Trinajstić information content (AvgIpc) is 3.23. The molecule has 3 aliphatic heterocycles. The minimum Gasteiger partial charge on any atom is -0.432 e. The molecular formula is C47H76O16. The first-order chi connectivity index (χ1) is 29.6. The van der Waals surface area contributed by atoms with Crippen LogP contribution < -0.4 is 0 Å². The highest BCUT2D eigenvalue weighted by Crippen LogP contribution is 2.76. The Morgan fingerprint density at radius 2 is 1.44 bits per heavy atom. The summed E-state index contributed by atoms with van der Waals surface area (Å²) in [5.74, 6) is -0.270. The van der Waals surface area contributed by atoms with Crippen LogP contribution in [0.2, 0.25) is 0 Å². The number of fused-ring (bicyclic) bond motifs is 7. The maximum atomic E-state index is 14.9. The lowest BCUT2D eigenvalue weighted by Crippen LogP contribution is -2.66. The fourth-order valence-corrected chi connectivity index (χ4v) is 14.6. The van der Waals surface area contributed by atoms with Gasteiger partial charge in [0.15, 0.2) is 12.6 Å². The fraction of sp³-hybridized carbons (Fsp3) is 0.936. The largest absolute Gasteiger partial charge is 0.432 e. The van der Waals surface area contributed by atoms with Crippen LogP contribution in [0.5, 0.6) is 0 Å². The van der Waals surface area contributed by atoms with Crippen molar-refractivity contribution in [3.05, 3.63) is 11.6 Å². The molecule has 0 radical (unpaired) electrons. The van der Waals surface area contributed by atoms with E-state index in [4.69, 9.17) is 28.4 Å². The van der Waals surface area contributed by atoms with Gasteiger partial charge in [-0.3, -0.25) is 4.79 Å². The Labute approximate surface area is 371 Å². The van der Waals surface area contributed by atoms with Crippen molar-refractivity contribution in [2.75, 3.05) is 26.4 Å². The molecule has 360 valence electrons. The van der Waals surface area contributed by atoms with Crippen molar-refractivity contribution in [2.24, 2.45) is 50.2 Å². The van der Waals surface area contributed by atoms with Crippen molar-refractivity contribution in [3.8, 4) is 0 Å². The van der Waals surface area contributed by atoms with Crippen LogP contribution >= 0.6 is 0 Å². The first-order valence-electron chi connectivity index (χ1n) is 23.7. The number of hydrogen-bond acceptors (Lipinski definition) is 16. The molecule has 4 saturated carbocycles. The molecule has 0 aromatic rings. The highest BCUT2D eigenvalue weighted by Gasteiger charge is 2.70. The summed E-state index contributed by atoms with van der Waals surface area (Å²) >= 11 is 0. The van der Waals surface area contributed by atoms with Crippen molar-refractivity contribution in [1.29, 1.82) is 0 Å². The maximum Gasteiger partial charge on any atom is 0.315 e. The monoisotopic (exact) mass is 897 g/mol. The van der Waals surface area contributed by atoms with Crippen molar-refractivity contribution >= 4 is 5.97 Å².